The Bertz CT molecular complexity index is 365. The van der Waals surface area contributed by atoms with Gasteiger partial charge in [-0.25, -0.2) is 0 Å². The molecule has 1 N–H and O–H groups in total. The van der Waals surface area contributed by atoms with Crippen molar-refractivity contribution in [1.29, 1.82) is 0 Å². The number of halogens is 2. The van der Waals surface area contributed by atoms with Gasteiger partial charge in [-0.1, -0.05) is 37.0 Å². The molecule has 4 heteroatoms. The second-order valence-electron chi connectivity index (χ2n) is 4.42. The lowest BCUT2D eigenvalue weighted by molar-refractivity contribution is 0.258. The van der Waals surface area contributed by atoms with E-state index in [4.69, 9.17) is 27.9 Å². The lowest BCUT2D eigenvalue weighted by Gasteiger charge is -2.13. The molecule has 0 aromatic heterocycles. The van der Waals surface area contributed by atoms with Gasteiger partial charge in [0.15, 0.2) is 0 Å². The summed E-state index contributed by atoms with van der Waals surface area (Å²) in [6.07, 6.45) is 2.08. The Morgan fingerprint density at radius 1 is 1.29 bits per heavy atom. The molecule has 0 saturated carbocycles. The summed E-state index contributed by atoms with van der Waals surface area (Å²) in [5, 5.41) is 10.2. The Morgan fingerprint density at radius 2 is 2.00 bits per heavy atom. The number of aliphatic hydroxyl groups is 1. The lowest BCUT2D eigenvalue weighted by Crippen LogP contribution is -2.02. The summed E-state index contributed by atoms with van der Waals surface area (Å²) in [4.78, 5) is 0. The summed E-state index contributed by atoms with van der Waals surface area (Å²) in [6.45, 7) is 4.83. The highest BCUT2D eigenvalue weighted by Crippen LogP contribution is 2.32. The molecule has 0 bridgehead atoms. The third kappa shape index (κ3) is 4.74. The molecule has 17 heavy (non-hydrogen) atoms. The minimum atomic E-state index is -0.125. The predicted molar refractivity (Wildman–Crippen MR) is 72.0 cm³/mol. The van der Waals surface area contributed by atoms with E-state index >= 15 is 0 Å². The molecule has 0 atom stereocenters. The fraction of sp³-hybridized carbons (Fsp3) is 0.538. The van der Waals surface area contributed by atoms with Crippen molar-refractivity contribution in [1.82, 2.24) is 0 Å². The van der Waals surface area contributed by atoms with Gasteiger partial charge in [-0.3, -0.25) is 0 Å². The zero-order valence-electron chi connectivity index (χ0n) is 10.2. The fourth-order valence-corrected chi connectivity index (χ4v) is 2.15. The van der Waals surface area contributed by atoms with Gasteiger partial charge in [0.05, 0.1) is 18.2 Å². The van der Waals surface area contributed by atoms with Crippen molar-refractivity contribution in [3.8, 4) is 5.75 Å². The quantitative estimate of drug-likeness (QED) is 0.785. The van der Waals surface area contributed by atoms with Gasteiger partial charge in [0.2, 0.25) is 0 Å². The van der Waals surface area contributed by atoms with Crippen molar-refractivity contribution < 1.29 is 9.84 Å². The van der Waals surface area contributed by atoms with E-state index in [0.29, 0.717) is 33.9 Å². The van der Waals surface area contributed by atoms with Gasteiger partial charge in [-0.05, 0) is 30.9 Å². The van der Waals surface area contributed by atoms with Crippen molar-refractivity contribution in [2.45, 2.75) is 33.3 Å². The van der Waals surface area contributed by atoms with E-state index < -0.39 is 0 Å². The molecule has 0 aliphatic heterocycles. The SMILES string of the molecule is CC(C)CCCOc1c(Cl)cc(Cl)cc1CO. The van der Waals surface area contributed by atoms with E-state index in [9.17, 15) is 5.11 Å². The summed E-state index contributed by atoms with van der Waals surface area (Å²) < 4.78 is 5.61. The zero-order chi connectivity index (χ0) is 12.8. The molecular formula is C13H18Cl2O2. The van der Waals surface area contributed by atoms with Crippen molar-refractivity contribution in [3.05, 3.63) is 27.7 Å². The second kappa shape index (κ2) is 7.10. The van der Waals surface area contributed by atoms with Crippen LogP contribution in [-0.2, 0) is 6.61 Å². The van der Waals surface area contributed by atoms with Crippen LogP contribution in [0.2, 0.25) is 10.0 Å². The lowest BCUT2D eigenvalue weighted by atomic mass is 10.1. The van der Waals surface area contributed by atoms with E-state index in [1.54, 1.807) is 12.1 Å². The van der Waals surface area contributed by atoms with Crippen LogP contribution >= 0.6 is 23.2 Å². The average molecular weight is 277 g/mol. The molecule has 0 heterocycles. The first-order valence-electron chi connectivity index (χ1n) is 5.76. The topological polar surface area (TPSA) is 29.5 Å². The Hall–Kier alpha value is -0.440. The molecule has 0 unspecified atom stereocenters. The third-order valence-corrected chi connectivity index (χ3v) is 2.93. The number of aliphatic hydroxyl groups excluding tert-OH is 1. The largest absolute Gasteiger partial charge is 0.492 e. The standard InChI is InChI=1S/C13H18Cl2O2/c1-9(2)4-3-5-17-13-10(8-16)6-11(14)7-12(13)15/h6-7,9,16H,3-5,8H2,1-2H3. The minimum Gasteiger partial charge on any atom is -0.492 e. The van der Waals surface area contributed by atoms with E-state index in [-0.39, 0.29) is 6.61 Å². The zero-order valence-corrected chi connectivity index (χ0v) is 11.7. The average Bonchev–Trinajstić information content (AvgIpc) is 2.25. The van der Waals surface area contributed by atoms with Crippen LogP contribution in [0.1, 0.15) is 32.3 Å². The molecule has 0 spiro atoms. The Balaban J connectivity index is 2.63. The van der Waals surface area contributed by atoms with Gasteiger partial charge in [0.25, 0.3) is 0 Å². The first-order valence-corrected chi connectivity index (χ1v) is 6.51. The van der Waals surface area contributed by atoms with Crippen LogP contribution in [-0.4, -0.2) is 11.7 Å². The molecule has 1 aromatic carbocycles. The Morgan fingerprint density at radius 3 is 2.59 bits per heavy atom. The van der Waals surface area contributed by atoms with Gasteiger partial charge >= 0.3 is 0 Å². The second-order valence-corrected chi connectivity index (χ2v) is 5.26. The van der Waals surface area contributed by atoms with Crippen LogP contribution in [0, 0.1) is 5.92 Å². The van der Waals surface area contributed by atoms with Crippen LogP contribution in [0.4, 0.5) is 0 Å². The maximum absolute atomic E-state index is 9.21. The van der Waals surface area contributed by atoms with Crippen LogP contribution in [0.25, 0.3) is 0 Å². The van der Waals surface area contributed by atoms with Crippen LogP contribution in [0.15, 0.2) is 12.1 Å². The van der Waals surface area contributed by atoms with E-state index in [2.05, 4.69) is 13.8 Å². The summed E-state index contributed by atoms with van der Waals surface area (Å²) in [7, 11) is 0. The molecular weight excluding hydrogens is 259 g/mol. The van der Waals surface area contributed by atoms with Crippen molar-refractivity contribution in [2.75, 3.05) is 6.61 Å². The van der Waals surface area contributed by atoms with E-state index in [1.165, 1.54) is 0 Å². The predicted octanol–water partition coefficient (Wildman–Crippen LogP) is 4.30. The van der Waals surface area contributed by atoms with Crippen LogP contribution in [0.3, 0.4) is 0 Å². The molecule has 0 amide bonds. The molecule has 0 radical (unpaired) electrons. The molecule has 1 rings (SSSR count). The summed E-state index contributed by atoms with van der Waals surface area (Å²) in [6, 6.07) is 3.30. The Kier molecular flexibility index (Phi) is 6.10. The van der Waals surface area contributed by atoms with Gasteiger partial charge in [-0.15, -0.1) is 0 Å². The minimum absolute atomic E-state index is 0.125. The van der Waals surface area contributed by atoms with Crippen LogP contribution < -0.4 is 4.74 Å². The van der Waals surface area contributed by atoms with E-state index in [0.717, 1.165) is 12.8 Å². The first kappa shape index (κ1) is 14.6. The molecule has 0 saturated heterocycles. The van der Waals surface area contributed by atoms with Gasteiger partial charge in [0, 0.05) is 10.6 Å². The summed E-state index contributed by atoms with van der Waals surface area (Å²) in [5.74, 6) is 1.21. The monoisotopic (exact) mass is 276 g/mol. The van der Waals surface area contributed by atoms with Gasteiger partial charge in [0.1, 0.15) is 5.75 Å². The first-order chi connectivity index (χ1) is 8.04. The number of hydrogen-bond acceptors (Lipinski definition) is 2. The highest BCUT2D eigenvalue weighted by Gasteiger charge is 2.10. The van der Waals surface area contributed by atoms with Crippen LogP contribution in [0.5, 0.6) is 5.75 Å². The van der Waals surface area contributed by atoms with Crippen molar-refractivity contribution in [3.63, 3.8) is 0 Å². The normalized spacial score (nSPS) is 10.9. The molecule has 0 aliphatic carbocycles. The number of benzene rings is 1. The maximum atomic E-state index is 9.21. The highest BCUT2D eigenvalue weighted by atomic mass is 35.5. The molecule has 1 aromatic rings. The maximum Gasteiger partial charge on any atom is 0.143 e. The molecule has 96 valence electrons. The van der Waals surface area contributed by atoms with Crippen molar-refractivity contribution in [2.24, 2.45) is 5.92 Å². The number of hydrogen-bond donors (Lipinski definition) is 1. The molecule has 0 aliphatic rings. The van der Waals surface area contributed by atoms with Gasteiger partial charge < -0.3 is 9.84 Å². The summed E-state index contributed by atoms with van der Waals surface area (Å²) in [5.41, 5.74) is 0.632. The van der Waals surface area contributed by atoms with Crippen molar-refractivity contribution >= 4 is 23.2 Å². The van der Waals surface area contributed by atoms with E-state index in [1.807, 2.05) is 0 Å². The Labute approximate surface area is 113 Å². The highest BCUT2D eigenvalue weighted by molar-refractivity contribution is 6.35. The molecule has 0 fully saturated rings. The fourth-order valence-electron chi connectivity index (χ4n) is 1.56. The smallest absolute Gasteiger partial charge is 0.143 e. The number of rotatable bonds is 6. The molecule has 2 nitrogen and oxygen atoms in total. The number of ether oxygens (including phenoxy) is 1. The van der Waals surface area contributed by atoms with Gasteiger partial charge in [-0.2, -0.15) is 0 Å². The third-order valence-electron chi connectivity index (χ3n) is 2.43. The summed E-state index contributed by atoms with van der Waals surface area (Å²) >= 11 is 11.9.